The quantitative estimate of drug-likeness (QED) is 0.597. The summed E-state index contributed by atoms with van der Waals surface area (Å²) in [6, 6.07) is 5.84. The highest BCUT2D eigenvalue weighted by Gasteiger charge is 2.14. The third-order valence-electron chi connectivity index (χ3n) is 2.14. The van der Waals surface area contributed by atoms with Gasteiger partial charge in [0.1, 0.15) is 11.6 Å². The normalized spacial score (nSPS) is 9.33. The van der Waals surface area contributed by atoms with Gasteiger partial charge in [0.15, 0.2) is 0 Å². The lowest BCUT2D eigenvalue weighted by Crippen LogP contribution is -2.29. The SMILES string of the molecule is CCNC(=O)CNc1ccc(C#N)c([N+](=O)[O-])c1. The van der Waals surface area contributed by atoms with Crippen LogP contribution in [0.1, 0.15) is 12.5 Å². The molecule has 0 aliphatic heterocycles. The molecule has 0 radical (unpaired) electrons. The Bertz CT molecular complexity index is 508. The molecule has 0 spiro atoms. The molecule has 0 unspecified atom stereocenters. The van der Waals surface area contributed by atoms with Crippen molar-refractivity contribution in [1.82, 2.24) is 5.32 Å². The van der Waals surface area contributed by atoms with Crippen LogP contribution in [0.2, 0.25) is 0 Å². The van der Waals surface area contributed by atoms with Crippen LogP contribution in [-0.4, -0.2) is 23.9 Å². The predicted octanol–water partition coefficient (Wildman–Crippen LogP) is 1.01. The fourth-order valence-electron chi connectivity index (χ4n) is 1.33. The van der Waals surface area contributed by atoms with Crippen LogP contribution in [-0.2, 0) is 4.79 Å². The number of amides is 1. The summed E-state index contributed by atoms with van der Waals surface area (Å²) >= 11 is 0. The van der Waals surface area contributed by atoms with Crippen LogP contribution in [0, 0.1) is 21.4 Å². The molecule has 0 fully saturated rings. The molecular weight excluding hydrogens is 236 g/mol. The first kappa shape index (κ1) is 13.4. The van der Waals surface area contributed by atoms with E-state index in [0.29, 0.717) is 12.2 Å². The number of benzene rings is 1. The largest absolute Gasteiger partial charge is 0.376 e. The number of likely N-dealkylation sites (N-methyl/N-ethyl adjacent to an activating group) is 1. The molecule has 94 valence electrons. The zero-order chi connectivity index (χ0) is 13.5. The minimum absolute atomic E-state index is 0.0106. The van der Waals surface area contributed by atoms with Crippen molar-refractivity contribution >= 4 is 17.3 Å². The van der Waals surface area contributed by atoms with Gasteiger partial charge < -0.3 is 10.6 Å². The van der Waals surface area contributed by atoms with Gasteiger partial charge in [-0.1, -0.05) is 0 Å². The summed E-state index contributed by atoms with van der Waals surface area (Å²) < 4.78 is 0. The molecule has 1 aromatic rings. The lowest BCUT2D eigenvalue weighted by Gasteiger charge is -2.06. The molecule has 7 nitrogen and oxygen atoms in total. The van der Waals surface area contributed by atoms with E-state index in [1.807, 2.05) is 0 Å². The Morgan fingerprint density at radius 3 is 2.83 bits per heavy atom. The van der Waals surface area contributed by atoms with Crippen molar-refractivity contribution in [2.75, 3.05) is 18.4 Å². The third-order valence-corrected chi connectivity index (χ3v) is 2.14. The number of hydrogen-bond acceptors (Lipinski definition) is 5. The Morgan fingerprint density at radius 2 is 2.28 bits per heavy atom. The summed E-state index contributed by atoms with van der Waals surface area (Å²) in [5, 5.41) is 24.8. The topological polar surface area (TPSA) is 108 Å². The van der Waals surface area contributed by atoms with E-state index in [2.05, 4.69) is 10.6 Å². The number of nitro benzene ring substituents is 1. The Labute approximate surface area is 104 Å². The van der Waals surface area contributed by atoms with Gasteiger partial charge in [0, 0.05) is 18.3 Å². The first-order chi connectivity index (χ1) is 8.58. The molecule has 0 saturated heterocycles. The molecule has 2 N–H and O–H groups in total. The van der Waals surface area contributed by atoms with Crippen LogP contribution in [0.5, 0.6) is 0 Å². The predicted molar refractivity (Wildman–Crippen MR) is 65.0 cm³/mol. The van der Waals surface area contributed by atoms with Gasteiger partial charge in [-0.15, -0.1) is 0 Å². The van der Waals surface area contributed by atoms with Gasteiger partial charge in [0.25, 0.3) is 5.69 Å². The molecule has 0 aromatic heterocycles. The van der Waals surface area contributed by atoms with E-state index in [0.717, 1.165) is 0 Å². The molecule has 0 atom stereocenters. The monoisotopic (exact) mass is 248 g/mol. The Balaban J connectivity index is 2.80. The fraction of sp³-hybridized carbons (Fsp3) is 0.273. The molecule has 1 aromatic carbocycles. The highest BCUT2D eigenvalue weighted by atomic mass is 16.6. The van der Waals surface area contributed by atoms with Crippen molar-refractivity contribution in [2.24, 2.45) is 0 Å². The molecule has 0 heterocycles. The van der Waals surface area contributed by atoms with Crippen LogP contribution in [0.25, 0.3) is 0 Å². The molecule has 18 heavy (non-hydrogen) atoms. The summed E-state index contributed by atoms with van der Waals surface area (Å²) in [4.78, 5) is 21.3. The summed E-state index contributed by atoms with van der Waals surface area (Å²) in [6.07, 6.45) is 0. The highest BCUT2D eigenvalue weighted by Crippen LogP contribution is 2.22. The maximum absolute atomic E-state index is 11.2. The minimum Gasteiger partial charge on any atom is -0.376 e. The second kappa shape index (κ2) is 6.20. The van der Waals surface area contributed by atoms with E-state index >= 15 is 0 Å². The van der Waals surface area contributed by atoms with Crippen LogP contribution >= 0.6 is 0 Å². The molecule has 1 amide bonds. The van der Waals surface area contributed by atoms with E-state index in [1.54, 1.807) is 13.0 Å². The first-order valence-corrected chi connectivity index (χ1v) is 5.27. The molecule has 0 saturated carbocycles. The van der Waals surface area contributed by atoms with E-state index in [4.69, 9.17) is 5.26 Å². The maximum atomic E-state index is 11.2. The summed E-state index contributed by atoms with van der Waals surface area (Å²) in [7, 11) is 0. The summed E-state index contributed by atoms with van der Waals surface area (Å²) in [6.45, 7) is 2.34. The molecule has 0 bridgehead atoms. The lowest BCUT2D eigenvalue weighted by molar-refractivity contribution is -0.385. The van der Waals surface area contributed by atoms with Crippen LogP contribution < -0.4 is 10.6 Å². The van der Waals surface area contributed by atoms with Gasteiger partial charge >= 0.3 is 0 Å². The molecule has 7 heteroatoms. The number of hydrogen-bond donors (Lipinski definition) is 2. The number of nitro groups is 1. The number of nitriles is 1. The second-order valence-electron chi connectivity index (χ2n) is 3.41. The van der Waals surface area contributed by atoms with Gasteiger partial charge in [0.05, 0.1) is 11.5 Å². The lowest BCUT2D eigenvalue weighted by atomic mass is 10.2. The molecule has 1 rings (SSSR count). The maximum Gasteiger partial charge on any atom is 0.289 e. The van der Waals surface area contributed by atoms with Crippen LogP contribution in [0.3, 0.4) is 0 Å². The van der Waals surface area contributed by atoms with Gasteiger partial charge in [0.2, 0.25) is 5.91 Å². The zero-order valence-electron chi connectivity index (χ0n) is 9.77. The van der Waals surface area contributed by atoms with Gasteiger partial charge in [-0.2, -0.15) is 5.26 Å². The summed E-state index contributed by atoms with van der Waals surface area (Å²) in [5.41, 5.74) is 0.133. The van der Waals surface area contributed by atoms with E-state index < -0.39 is 4.92 Å². The van der Waals surface area contributed by atoms with Crippen LogP contribution in [0.4, 0.5) is 11.4 Å². The van der Waals surface area contributed by atoms with Crippen molar-refractivity contribution in [3.63, 3.8) is 0 Å². The van der Waals surface area contributed by atoms with Crippen molar-refractivity contribution in [1.29, 1.82) is 5.26 Å². The summed E-state index contributed by atoms with van der Waals surface area (Å²) in [5.74, 6) is -0.204. The smallest absolute Gasteiger partial charge is 0.289 e. The second-order valence-corrected chi connectivity index (χ2v) is 3.41. The average Bonchev–Trinajstić information content (AvgIpc) is 2.36. The Kier molecular flexibility index (Phi) is 4.63. The van der Waals surface area contributed by atoms with Gasteiger partial charge in [-0.25, -0.2) is 0 Å². The average molecular weight is 248 g/mol. The van der Waals surface area contributed by atoms with E-state index in [9.17, 15) is 14.9 Å². The number of nitrogens with one attached hydrogen (secondary N) is 2. The Hall–Kier alpha value is -2.62. The molecule has 0 aliphatic rings. The number of carbonyl (C=O) groups excluding carboxylic acids is 1. The third kappa shape index (κ3) is 3.45. The Morgan fingerprint density at radius 1 is 1.56 bits per heavy atom. The van der Waals surface area contributed by atoms with E-state index in [-0.39, 0.29) is 23.7 Å². The van der Waals surface area contributed by atoms with Crippen molar-refractivity contribution in [3.05, 3.63) is 33.9 Å². The van der Waals surface area contributed by atoms with Crippen LogP contribution in [0.15, 0.2) is 18.2 Å². The zero-order valence-corrected chi connectivity index (χ0v) is 9.77. The van der Waals surface area contributed by atoms with Gasteiger partial charge in [-0.3, -0.25) is 14.9 Å². The minimum atomic E-state index is -0.629. The number of nitrogens with zero attached hydrogens (tertiary/aromatic N) is 2. The van der Waals surface area contributed by atoms with E-state index in [1.165, 1.54) is 18.2 Å². The van der Waals surface area contributed by atoms with Crippen molar-refractivity contribution in [2.45, 2.75) is 6.92 Å². The fourth-order valence-corrected chi connectivity index (χ4v) is 1.33. The number of rotatable bonds is 5. The number of carbonyl (C=O) groups is 1. The van der Waals surface area contributed by atoms with Crippen molar-refractivity contribution in [3.8, 4) is 6.07 Å². The molecular formula is C11H12N4O3. The van der Waals surface area contributed by atoms with Crippen molar-refractivity contribution < 1.29 is 9.72 Å². The molecule has 0 aliphatic carbocycles. The first-order valence-electron chi connectivity index (χ1n) is 5.27. The standard InChI is InChI=1S/C11H12N4O3/c1-2-13-11(16)7-14-9-4-3-8(6-12)10(5-9)15(17)18/h3-5,14H,2,7H2,1H3,(H,13,16). The highest BCUT2D eigenvalue weighted by molar-refractivity contribution is 5.80. The number of anilines is 1. The van der Waals surface area contributed by atoms with Gasteiger partial charge in [-0.05, 0) is 19.1 Å².